The van der Waals surface area contributed by atoms with Crippen molar-refractivity contribution in [3.63, 3.8) is 0 Å². The summed E-state index contributed by atoms with van der Waals surface area (Å²) in [6.45, 7) is 5.27. The molecule has 1 aromatic rings. The van der Waals surface area contributed by atoms with Crippen LogP contribution in [0, 0.1) is 0 Å². The van der Waals surface area contributed by atoms with E-state index < -0.39 is 18.0 Å². The van der Waals surface area contributed by atoms with Crippen LogP contribution in [0.1, 0.15) is 31.4 Å². The van der Waals surface area contributed by atoms with Crippen LogP contribution in [-0.2, 0) is 14.3 Å². The highest BCUT2D eigenvalue weighted by molar-refractivity contribution is 6.30. The van der Waals surface area contributed by atoms with Crippen molar-refractivity contribution in [2.75, 3.05) is 40.3 Å². The number of halogens is 1. The smallest absolute Gasteiger partial charge is 0.414 e. The van der Waals surface area contributed by atoms with E-state index in [1.54, 1.807) is 0 Å². The molecule has 1 aliphatic heterocycles. The number of hydrogen-bond donors (Lipinski definition) is 3. The van der Waals surface area contributed by atoms with E-state index in [1.807, 2.05) is 31.2 Å². The maximum absolute atomic E-state index is 10.2. The molecule has 9 heteroatoms. The summed E-state index contributed by atoms with van der Waals surface area (Å²) in [6.07, 6.45) is 1.83. The Morgan fingerprint density at radius 1 is 1.21 bits per heavy atom. The van der Waals surface area contributed by atoms with Gasteiger partial charge in [0.1, 0.15) is 0 Å². The van der Waals surface area contributed by atoms with E-state index in [0.717, 1.165) is 23.7 Å². The fourth-order valence-corrected chi connectivity index (χ4v) is 3.18. The lowest BCUT2D eigenvalue weighted by Crippen LogP contribution is -2.45. The van der Waals surface area contributed by atoms with Gasteiger partial charge in [-0.2, -0.15) is 0 Å². The number of piperidine rings is 1. The molecule has 1 aliphatic rings. The van der Waals surface area contributed by atoms with Crippen LogP contribution in [0.3, 0.4) is 0 Å². The number of ether oxygens (including phenoxy) is 1. The maximum atomic E-state index is 10.2. The second-order valence-corrected chi connectivity index (χ2v) is 7.70. The molecule has 2 atom stereocenters. The first-order chi connectivity index (χ1) is 13.6. The third-order valence-corrected chi connectivity index (χ3v) is 5.12. The molecule has 0 amide bonds. The highest BCUT2D eigenvalue weighted by atomic mass is 35.5. The van der Waals surface area contributed by atoms with Crippen molar-refractivity contribution in [1.29, 1.82) is 0 Å². The lowest BCUT2D eigenvalue weighted by Gasteiger charge is -2.36. The summed E-state index contributed by atoms with van der Waals surface area (Å²) in [5.41, 5.74) is 1.07. The molecule has 0 bridgehead atoms. The molecule has 0 spiro atoms. The zero-order chi connectivity index (χ0) is 22.0. The molecule has 0 aromatic heterocycles. The number of carboxylic acids is 2. The first kappa shape index (κ1) is 25.3. The molecule has 1 heterocycles. The summed E-state index contributed by atoms with van der Waals surface area (Å²) in [5.74, 6) is -3.65. The van der Waals surface area contributed by atoms with Crippen LogP contribution in [0.4, 0.5) is 0 Å². The van der Waals surface area contributed by atoms with E-state index in [0.29, 0.717) is 19.2 Å². The van der Waals surface area contributed by atoms with Crippen molar-refractivity contribution in [3.05, 3.63) is 34.9 Å². The largest absolute Gasteiger partial charge is 0.473 e. The van der Waals surface area contributed by atoms with Crippen molar-refractivity contribution in [3.8, 4) is 0 Å². The van der Waals surface area contributed by atoms with E-state index >= 15 is 0 Å². The molecule has 3 N–H and O–H groups in total. The normalized spacial score (nSPS) is 17.3. The highest BCUT2D eigenvalue weighted by Crippen LogP contribution is 2.20. The predicted molar refractivity (Wildman–Crippen MR) is 110 cm³/mol. The Morgan fingerprint density at radius 3 is 2.21 bits per heavy atom. The molecule has 164 valence electrons. The molecule has 1 aromatic carbocycles. The number of carbonyl (C=O) groups is 2. The number of hydrogen-bond acceptors (Lipinski definition) is 6. The Bertz CT molecular complexity index is 622. The summed E-state index contributed by atoms with van der Waals surface area (Å²) in [4.78, 5) is 22.8. The summed E-state index contributed by atoms with van der Waals surface area (Å²) in [7, 11) is 4.26. The van der Waals surface area contributed by atoms with Gasteiger partial charge in [-0.15, -0.1) is 0 Å². The SMILES string of the molecule is CC(OCC(O)CN(C)C1CCN(C)CC1)c1ccc(Cl)cc1.O=C(O)C(=O)O. The van der Waals surface area contributed by atoms with E-state index in [2.05, 4.69) is 23.9 Å². The van der Waals surface area contributed by atoms with Gasteiger partial charge in [0.25, 0.3) is 0 Å². The predicted octanol–water partition coefficient (Wildman–Crippen LogP) is 1.96. The summed E-state index contributed by atoms with van der Waals surface area (Å²) >= 11 is 5.89. The van der Waals surface area contributed by atoms with Crippen molar-refractivity contribution < 1.29 is 29.6 Å². The average Bonchev–Trinajstić information content (AvgIpc) is 2.67. The van der Waals surface area contributed by atoms with Gasteiger partial charge in [-0.1, -0.05) is 23.7 Å². The molecule has 0 radical (unpaired) electrons. The van der Waals surface area contributed by atoms with Crippen LogP contribution in [0.25, 0.3) is 0 Å². The van der Waals surface area contributed by atoms with Gasteiger partial charge < -0.3 is 29.9 Å². The van der Waals surface area contributed by atoms with Gasteiger partial charge in [-0.3, -0.25) is 0 Å². The Labute approximate surface area is 176 Å². The quantitative estimate of drug-likeness (QED) is 0.563. The number of likely N-dealkylation sites (tertiary alicyclic amines) is 1. The highest BCUT2D eigenvalue weighted by Gasteiger charge is 2.22. The Balaban J connectivity index is 0.000000612. The molecule has 2 rings (SSSR count). The molecule has 2 unspecified atom stereocenters. The standard InChI is InChI=1S/C18H29ClN2O2.C2H2O4/c1-14(15-4-6-16(19)7-5-15)23-13-18(22)12-21(3)17-8-10-20(2)11-9-17;3-1(4)2(5)6/h4-7,14,17-18,22H,8-13H2,1-3H3;(H,3,4)(H,5,6). The van der Waals surface area contributed by atoms with Crippen LogP contribution in [0.2, 0.25) is 5.02 Å². The summed E-state index contributed by atoms with van der Waals surface area (Å²) < 4.78 is 5.81. The third kappa shape index (κ3) is 10.0. The van der Waals surface area contributed by atoms with Crippen LogP contribution in [0.15, 0.2) is 24.3 Å². The topological polar surface area (TPSA) is 111 Å². The fourth-order valence-electron chi connectivity index (χ4n) is 3.06. The Kier molecular flexibility index (Phi) is 11.2. The molecule has 0 saturated carbocycles. The number of benzene rings is 1. The van der Waals surface area contributed by atoms with Gasteiger partial charge in [0.05, 0.1) is 18.8 Å². The van der Waals surface area contributed by atoms with Gasteiger partial charge in [0.15, 0.2) is 0 Å². The second-order valence-electron chi connectivity index (χ2n) is 7.27. The summed E-state index contributed by atoms with van der Waals surface area (Å²) in [5, 5.41) is 25.7. The minimum absolute atomic E-state index is 0.0458. The molecular formula is C20H31ClN2O6. The van der Waals surface area contributed by atoms with E-state index in [1.165, 1.54) is 12.8 Å². The van der Waals surface area contributed by atoms with Crippen molar-refractivity contribution in [2.24, 2.45) is 0 Å². The minimum Gasteiger partial charge on any atom is -0.473 e. The Hall–Kier alpha value is -1.71. The van der Waals surface area contributed by atoms with Gasteiger partial charge >= 0.3 is 11.9 Å². The number of aliphatic hydroxyl groups is 1. The zero-order valence-corrected chi connectivity index (χ0v) is 17.9. The van der Waals surface area contributed by atoms with Crippen molar-refractivity contribution in [2.45, 2.75) is 38.0 Å². The number of carboxylic acid groups (broad SMARTS) is 2. The van der Waals surface area contributed by atoms with Gasteiger partial charge in [-0.05, 0) is 64.6 Å². The lowest BCUT2D eigenvalue weighted by molar-refractivity contribution is -0.159. The van der Waals surface area contributed by atoms with Gasteiger partial charge in [0, 0.05) is 17.6 Å². The molecule has 0 aliphatic carbocycles. The van der Waals surface area contributed by atoms with Crippen LogP contribution < -0.4 is 0 Å². The number of rotatable bonds is 7. The minimum atomic E-state index is -1.82. The van der Waals surface area contributed by atoms with Gasteiger partial charge in [-0.25, -0.2) is 9.59 Å². The van der Waals surface area contributed by atoms with Crippen LogP contribution >= 0.6 is 11.6 Å². The Morgan fingerprint density at radius 2 is 1.72 bits per heavy atom. The van der Waals surface area contributed by atoms with Gasteiger partial charge in [0.2, 0.25) is 0 Å². The third-order valence-electron chi connectivity index (χ3n) is 4.87. The first-order valence-corrected chi connectivity index (χ1v) is 9.88. The fraction of sp³-hybridized carbons (Fsp3) is 0.600. The average molecular weight is 431 g/mol. The zero-order valence-electron chi connectivity index (χ0n) is 17.1. The van der Waals surface area contributed by atoms with Crippen LogP contribution in [0.5, 0.6) is 0 Å². The monoisotopic (exact) mass is 430 g/mol. The molecule has 8 nitrogen and oxygen atoms in total. The lowest BCUT2D eigenvalue weighted by atomic mass is 10.0. The molecule has 29 heavy (non-hydrogen) atoms. The van der Waals surface area contributed by atoms with E-state index in [9.17, 15) is 5.11 Å². The molecule has 1 saturated heterocycles. The number of aliphatic carboxylic acids is 2. The molecule has 1 fully saturated rings. The maximum Gasteiger partial charge on any atom is 0.414 e. The molecular weight excluding hydrogens is 400 g/mol. The van der Waals surface area contributed by atoms with E-state index in [-0.39, 0.29) is 6.10 Å². The van der Waals surface area contributed by atoms with Crippen molar-refractivity contribution >= 4 is 23.5 Å². The van der Waals surface area contributed by atoms with E-state index in [4.69, 9.17) is 36.1 Å². The number of nitrogens with zero attached hydrogens (tertiary/aromatic N) is 2. The van der Waals surface area contributed by atoms with Crippen LogP contribution in [-0.4, -0.2) is 89.5 Å². The number of likely N-dealkylation sites (N-methyl/N-ethyl adjacent to an activating group) is 1. The summed E-state index contributed by atoms with van der Waals surface area (Å²) in [6, 6.07) is 8.21. The first-order valence-electron chi connectivity index (χ1n) is 9.50. The second kappa shape index (κ2) is 12.8. The number of aliphatic hydroxyl groups excluding tert-OH is 1. The van der Waals surface area contributed by atoms with Crippen molar-refractivity contribution in [1.82, 2.24) is 9.80 Å².